The maximum absolute atomic E-state index is 11.9. The number of amides is 1. The van der Waals surface area contributed by atoms with Gasteiger partial charge in [-0.15, -0.1) is 0 Å². The zero-order valence-electron chi connectivity index (χ0n) is 11.8. The molecule has 1 aromatic rings. The highest BCUT2D eigenvalue weighted by Crippen LogP contribution is 2.22. The van der Waals surface area contributed by atoms with E-state index in [-0.39, 0.29) is 17.5 Å². The van der Waals surface area contributed by atoms with Crippen LogP contribution in [0.3, 0.4) is 0 Å². The number of aryl methyl sites for hydroxylation is 1. The number of benzene rings is 1. The first-order chi connectivity index (χ1) is 8.20. The molecule has 4 N–H and O–H groups in total. The zero-order valence-corrected chi connectivity index (χ0v) is 11.8. The third kappa shape index (κ3) is 3.95. The Morgan fingerprint density at radius 1 is 1.33 bits per heavy atom. The molecule has 0 aliphatic heterocycles. The molecule has 100 valence electrons. The summed E-state index contributed by atoms with van der Waals surface area (Å²) < 4.78 is 0. The highest BCUT2D eigenvalue weighted by Gasteiger charge is 2.19. The summed E-state index contributed by atoms with van der Waals surface area (Å²) in [4.78, 5) is 11.9. The summed E-state index contributed by atoms with van der Waals surface area (Å²) in [6, 6.07) is 5.42. The molecule has 1 atom stereocenters. The molecule has 1 rings (SSSR count). The van der Waals surface area contributed by atoms with Gasteiger partial charge in [-0.2, -0.15) is 0 Å². The molecule has 4 nitrogen and oxygen atoms in total. The van der Waals surface area contributed by atoms with Crippen molar-refractivity contribution in [1.82, 2.24) is 5.32 Å². The summed E-state index contributed by atoms with van der Waals surface area (Å²) in [7, 11) is 0. The molecule has 0 saturated heterocycles. The molecule has 1 unspecified atom stereocenters. The van der Waals surface area contributed by atoms with Crippen LogP contribution in [0.5, 0.6) is 0 Å². The van der Waals surface area contributed by atoms with Gasteiger partial charge in [0.05, 0.1) is 11.4 Å². The monoisotopic (exact) mass is 249 g/mol. The molecule has 0 radical (unpaired) electrons. The number of hydrogen-bond donors (Lipinski definition) is 3. The third-order valence-corrected chi connectivity index (χ3v) is 2.59. The number of nitrogen functional groups attached to an aromatic ring is 1. The molecule has 1 amide bonds. The number of anilines is 2. The molecular weight excluding hydrogens is 226 g/mol. The van der Waals surface area contributed by atoms with Gasteiger partial charge in [0, 0.05) is 5.54 Å². The Bertz CT molecular complexity index is 435. The second-order valence-corrected chi connectivity index (χ2v) is 5.64. The number of hydrogen-bond acceptors (Lipinski definition) is 3. The van der Waals surface area contributed by atoms with Gasteiger partial charge < -0.3 is 16.4 Å². The highest BCUT2D eigenvalue weighted by atomic mass is 16.2. The summed E-state index contributed by atoms with van der Waals surface area (Å²) in [5.74, 6) is -0.0385. The Labute approximate surface area is 109 Å². The molecule has 0 aromatic heterocycles. The van der Waals surface area contributed by atoms with E-state index in [4.69, 9.17) is 5.73 Å². The van der Waals surface area contributed by atoms with E-state index in [9.17, 15) is 4.79 Å². The minimum Gasteiger partial charge on any atom is -0.397 e. The molecule has 1 aromatic carbocycles. The van der Waals surface area contributed by atoms with Crippen LogP contribution in [0.15, 0.2) is 18.2 Å². The summed E-state index contributed by atoms with van der Waals surface area (Å²) >= 11 is 0. The second kappa shape index (κ2) is 5.29. The van der Waals surface area contributed by atoms with Gasteiger partial charge >= 0.3 is 0 Å². The van der Waals surface area contributed by atoms with Crippen molar-refractivity contribution in [2.24, 2.45) is 0 Å². The van der Waals surface area contributed by atoms with Crippen molar-refractivity contribution in [3.05, 3.63) is 23.8 Å². The minimum atomic E-state index is -0.326. The molecule has 0 saturated carbocycles. The van der Waals surface area contributed by atoms with E-state index in [1.165, 1.54) is 0 Å². The van der Waals surface area contributed by atoms with Crippen molar-refractivity contribution >= 4 is 17.3 Å². The normalized spacial score (nSPS) is 12.9. The number of para-hydroxylation sites is 1. The molecule has 0 aliphatic rings. The topological polar surface area (TPSA) is 67.2 Å². The molecule has 18 heavy (non-hydrogen) atoms. The number of rotatable bonds is 3. The second-order valence-electron chi connectivity index (χ2n) is 5.64. The van der Waals surface area contributed by atoms with Crippen LogP contribution in [0.25, 0.3) is 0 Å². The van der Waals surface area contributed by atoms with Crippen LogP contribution < -0.4 is 16.4 Å². The molecule has 0 aliphatic carbocycles. The Morgan fingerprint density at radius 3 is 2.50 bits per heavy atom. The van der Waals surface area contributed by atoms with Crippen LogP contribution in [0.2, 0.25) is 0 Å². The lowest BCUT2D eigenvalue weighted by Crippen LogP contribution is -2.47. The smallest absolute Gasteiger partial charge is 0.242 e. The van der Waals surface area contributed by atoms with Gasteiger partial charge in [-0.25, -0.2) is 0 Å². The molecular formula is C14H23N3O. The molecule has 0 spiro atoms. The number of nitrogens with two attached hydrogens (primary N) is 1. The minimum absolute atomic E-state index is 0.0385. The van der Waals surface area contributed by atoms with E-state index in [1.807, 2.05) is 52.8 Å². The Kier molecular flexibility index (Phi) is 4.22. The van der Waals surface area contributed by atoms with Crippen LogP contribution in [-0.2, 0) is 4.79 Å². The zero-order chi connectivity index (χ0) is 13.9. The number of carbonyl (C=O) groups is 1. The van der Waals surface area contributed by atoms with Gasteiger partial charge in [0.25, 0.3) is 0 Å². The van der Waals surface area contributed by atoms with Crippen LogP contribution >= 0.6 is 0 Å². The number of carbonyl (C=O) groups excluding carboxylic acids is 1. The first kappa shape index (κ1) is 14.4. The van der Waals surface area contributed by atoms with Gasteiger partial charge in [-0.3, -0.25) is 4.79 Å². The van der Waals surface area contributed by atoms with Gasteiger partial charge in [-0.1, -0.05) is 12.1 Å². The average Bonchev–Trinajstić information content (AvgIpc) is 2.22. The fourth-order valence-corrected chi connectivity index (χ4v) is 1.58. The first-order valence-electron chi connectivity index (χ1n) is 6.14. The lowest BCUT2D eigenvalue weighted by molar-refractivity contribution is -0.122. The van der Waals surface area contributed by atoms with Crippen molar-refractivity contribution in [1.29, 1.82) is 0 Å². The van der Waals surface area contributed by atoms with Crippen molar-refractivity contribution in [3.63, 3.8) is 0 Å². The molecule has 0 heterocycles. The largest absolute Gasteiger partial charge is 0.397 e. The van der Waals surface area contributed by atoms with E-state index in [0.29, 0.717) is 5.69 Å². The van der Waals surface area contributed by atoms with Gasteiger partial charge in [0.15, 0.2) is 0 Å². The summed E-state index contributed by atoms with van der Waals surface area (Å²) in [6.45, 7) is 9.64. The Hall–Kier alpha value is -1.71. The summed E-state index contributed by atoms with van der Waals surface area (Å²) in [6.07, 6.45) is 0. The van der Waals surface area contributed by atoms with E-state index in [1.54, 1.807) is 0 Å². The van der Waals surface area contributed by atoms with Crippen LogP contribution in [-0.4, -0.2) is 17.5 Å². The van der Waals surface area contributed by atoms with Crippen molar-refractivity contribution in [3.8, 4) is 0 Å². The fraction of sp³-hybridized carbons (Fsp3) is 0.500. The SMILES string of the molecule is Cc1cccc(NC(C)C(=O)NC(C)(C)C)c1N. The molecule has 0 bridgehead atoms. The van der Waals surface area contributed by atoms with E-state index in [0.717, 1.165) is 11.3 Å². The van der Waals surface area contributed by atoms with E-state index < -0.39 is 0 Å². The van der Waals surface area contributed by atoms with Gasteiger partial charge in [0.2, 0.25) is 5.91 Å². The van der Waals surface area contributed by atoms with Crippen molar-refractivity contribution in [2.75, 3.05) is 11.1 Å². The summed E-state index contributed by atoms with van der Waals surface area (Å²) in [5.41, 5.74) is 8.22. The lowest BCUT2D eigenvalue weighted by Gasteiger charge is -2.24. The van der Waals surface area contributed by atoms with Crippen LogP contribution in [0.1, 0.15) is 33.3 Å². The molecule has 0 fully saturated rings. The Morgan fingerprint density at radius 2 is 1.94 bits per heavy atom. The van der Waals surface area contributed by atoms with E-state index in [2.05, 4.69) is 10.6 Å². The maximum Gasteiger partial charge on any atom is 0.242 e. The predicted molar refractivity (Wildman–Crippen MR) is 76.6 cm³/mol. The summed E-state index contributed by atoms with van der Waals surface area (Å²) in [5, 5.41) is 6.07. The third-order valence-electron chi connectivity index (χ3n) is 2.59. The van der Waals surface area contributed by atoms with Crippen molar-refractivity contribution in [2.45, 2.75) is 46.2 Å². The average molecular weight is 249 g/mol. The predicted octanol–water partition coefficient (Wildman–Crippen LogP) is 2.29. The molecule has 4 heteroatoms. The fourth-order valence-electron chi connectivity index (χ4n) is 1.58. The quantitative estimate of drug-likeness (QED) is 0.720. The van der Waals surface area contributed by atoms with Crippen LogP contribution in [0, 0.1) is 6.92 Å². The number of nitrogens with one attached hydrogen (secondary N) is 2. The maximum atomic E-state index is 11.9. The first-order valence-corrected chi connectivity index (χ1v) is 6.14. The van der Waals surface area contributed by atoms with Gasteiger partial charge in [-0.05, 0) is 46.2 Å². The van der Waals surface area contributed by atoms with Crippen LogP contribution in [0.4, 0.5) is 11.4 Å². The van der Waals surface area contributed by atoms with Crippen molar-refractivity contribution < 1.29 is 4.79 Å². The lowest BCUT2D eigenvalue weighted by atomic mass is 10.1. The Balaban J connectivity index is 2.73. The standard InChI is InChI=1S/C14H23N3O/c1-9-7-6-8-11(12(9)15)16-10(2)13(18)17-14(3,4)5/h6-8,10,16H,15H2,1-5H3,(H,17,18). The highest BCUT2D eigenvalue weighted by molar-refractivity contribution is 5.86. The van der Waals surface area contributed by atoms with Gasteiger partial charge in [0.1, 0.15) is 6.04 Å². The van der Waals surface area contributed by atoms with E-state index >= 15 is 0 Å².